The number of rotatable bonds is 4. The molecule has 0 radical (unpaired) electrons. The third-order valence-electron chi connectivity index (χ3n) is 2.63. The third kappa shape index (κ3) is 2.89. The van der Waals surface area contributed by atoms with Crippen molar-refractivity contribution >= 4 is 11.8 Å². The smallest absolute Gasteiger partial charge is 0.269 e. The summed E-state index contributed by atoms with van der Waals surface area (Å²) < 4.78 is 5.44. The van der Waals surface area contributed by atoms with Crippen LogP contribution in [-0.4, -0.2) is 9.85 Å². The molecule has 0 saturated carbocycles. The second-order valence-corrected chi connectivity index (χ2v) is 4.05. The molecule has 7 heteroatoms. The average molecular weight is 274 g/mol. The SMILES string of the molecule is CC(=Cc1ccc(-c2ccc([N+](=O)[O-])cc2)o1)[N+](=O)[O-]. The van der Waals surface area contributed by atoms with E-state index in [0.717, 1.165) is 0 Å². The molecule has 102 valence electrons. The van der Waals surface area contributed by atoms with Crippen LogP contribution in [0.4, 0.5) is 5.69 Å². The van der Waals surface area contributed by atoms with Gasteiger partial charge in [0.05, 0.1) is 15.9 Å². The standard InChI is InChI=1S/C13H10N2O5/c1-9(14(16)17)8-12-6-7-13(20-12)10-2-4-11(5-3-10)15(18)19/h2-8H,1H3. The van der Waals surface area contributed by atoms with Crippen LogP contribution in [0.1, 0.15) is 12.7 Å². The topological polar surface area (TPSA) is 99.4 Å². The molecule has 2 aromatic rings. The fourth-order valence-corrected chi connectivity index (χ4v) is 1.59. The molecule has 0 spiro atoms. The first kappa shape index (κ1) is 13.5. The predicted octanol–water partition coefficient (Wildman–Crippen LogP) is 3.49. The van der Waals surface area contributed by atoms with Gasteiger partial charge < -0.3 is 4.42 Å². The first-order valence-electron chi connectivity index (χ1n) is 5.65. The zero-order valence-corrected chi connectivity index (χ0v) is 10.5. The van der Waals surface area contributed by atoms with E-state index in [0.29, 0.717) is 17.1 Å². The summed E-state index contributed by atoms with van der Waals surface area (Å²) in [7, 11) is 0. The Kier molecular flexibility index (Phi) is 3.60. The molecule has 1 aromatic carbocycles. The highest BCUT2D eigenvalue weighted by atomic mass is 16.6. The summed E-state index contributed by atoms with van der Waals surface area (Å²) in [6.45, 7) is 1.37. The summed E-state index contributed by atoms with van der Waals surface area (Å²) in [5.41, 5.74) is 0.619. The summed E-state index contributed by atoms with van der Waals surface area (Å²) in [6.07, 6.45) is 1.31. The van der Waals surface area contributed by atoms with Crippen molar-refractivity contribution in [2.24, 2.45) is 0 Å². The number of furan rings is 1. The van der Waals surface area contributed by atoms with Gasteiger partial charge in [-0.2, -0.15) is 0 Å². The van der Waals surface area contributed by atoms with E-state index in [9.17, 15) is 20.2 Å². The Bertz CT molecular complexity index is 685. The first-order valence-corrected chi connectivity index (χ1v) is 5.65. The summed E-state index contributed by atoms with van der Waals surface area (Å²) in [5, 5.41) is 21.1. The normalized spacial score (nSPS) is 11.3. The highest BCUT2D eigenvalue weighted by molar-refractivity contribution is 5.61. The van der Waals surface area contributed by atoms with Gasteiger partial charge in [0, 0.05) is 24.6 Å². The van der Waals surface area contributed by atoms with Crippen molar-refractivity contribution in [1.29, 1.82) is 0 Å². The quantitative estimate of drug-likeness (QED) is 0.627. The lowest BCUT2D eigenvalue weighted by atomic mass is 10.1. The molecule has 20 heavy (non-hydrogen) atoms. The van der Waals surface area contributed by atoms with Crippen LogP contribution in [0.15, 0.2) is 46.5 Å². The fourth-order valence-electron chi connectivity index (χ4n) is 1.59. The van der Waals surface area contributed by atoms with Crippen LogP contribution in [0, 0.1) is 20.2 Å². The minimum atomic E-state index is -0.506. The second kappa shape index (κ2) is 5.35. The molecule has 0 aliphatic heterocycles. The van der Waals surface area contributed by atoms with Gasteiger partial charge in [0.1, 0.15) is 11.5 Å². The Balaban J connectivity index is 2.27. The minimum absolute atomic E-state index is 0.00961. The predicted molar refractivity (Wildman–Crippen MR) is 71.4 cm³/mol. The molecular weight excluding hydrogens is 264 g/mol. The van der Waals surface area contributed by atoms with Crippen molar-refractivity contribution in [3.63, 3.8) is 0 Å². The number of nitro benzene ring substituents is 1. The van der Waals surface area contributed by atoms with Gasteiger partial charge in [0.2, 0.25) is 5.70 Å². The average Bonchev–Trinajstić information content (AvgIpc) is 2.87. The summed E-state index contributed by atoms with van der Waals surface area (Å²) in [5.74, 6) is 0.842. The Labute approximate surface area is 113 Å². The van der Waals surface area contributed by atoms with E-state index in [1.165, 1.54) is 25.1 Å². The van der Waals surface area contributed by atoms with Crippen LogP contribution in [-0.2, 0) is 0 Å². The molecule has 0 bridgehead atoms. The van der Waals surface area contributed by atoms with Crippen LogP contribution in [0.3, 0.4) is 0 Å². The van der Waals surface area contributed by atoms with E-state index in [-0.39, 0.29) is 11.4 Å². The molecule has 2 rings (SSSR count). The van der Waals surface area contributed by atoms with Crippen LogP contribution >= 0.6 is 0 Å². The zero-order valence-electron chi connectivity index (χ0n) is 10.5. The molecular formula is C13H10N2O5. The van der Waals surface area contributed by atoms with E-state index in [4.69, 9.17) is 4.42 Å². The van der Waals surface area contributed by atoms with E-state index >= 15 is 0 Å². The Hall–Kier alpha value is -2.96. The molecule has 1 heterocycles. The van der Waals surface area contributed by atoms with E-state index in [1.54, 1.807) is 24.3 Å². The molecule has 1 aromatic heterocycles. The van der Waals surface area contributed by atoms with Gasteiger partial charge >= 0.3 is 0 Å². The Morgan fingerprint density at radius 1 is 1.10 bits per heavy atom. The second-order valence-electron chi connectivity index (χ2n) is 4.05. The Morgan fingerprint density at radius 2 is 1.75 bits per heavy atom. The molecule has 0 saturated heterocycles. The first-order chi connectivity index (χ1) is 9.47. The molecule has 0 amide bonds. The summed E-state index contributed by atoms with van der Waals surface area (Å²) >= 11 is 0. The number of hydrogen-bond donors (Lipinski definition) is 0. The van der Waals surface area contributed by atoms with E-state index < -0.39 is 9.85 Å². The number of non-ortho nitro benzene ring substituents is 1. The molecule has 0 aliphatic rings. The molecule has 0 atom stereocenters. The lowest BCUT2D eigenvalue weighted by Gasteiger charge is -1.96. The van der Waals surface area contributed by atoms with Crippen molar-refractivity contribution in [3.05, 3.63) is 68.1 Å². The van der Waals surface area contributed by atoms with Crippen LogP contribution in [0.25, 0.3) is 17.4 Å². The number of hydrogen-bond acceptors (Lipinski definition) is 5. The van der Waals surface area contributed by atoms with Crippen molar-refractivity contribution in [2.45, 2.75) is 6.92 Å². The summed E-state index contributed by atoms with van der Waals surface area (Å²) in [6, 6.07) is 9.12. The van der Waals surface area contributed by atoms with Gasteiger partial charge in [-0.1, -0.05) is 0 Å². The third-order valence-corrected chi connectivity index (χ3v) is 2.63. The van der Waals surface area contributed by atoms with Gasteiger partial charge in [0.25, 0.3) is 5.69 Å². The monoisotopic (exact) mass is 274 g/mol. The number of nitro groups is 2. The van der Waals surface area contributed by atoms with Crippen LogP contribution < -0.4 is 0 Å². The fraction of sp³-hybridized carbons (Fsp3) is 0.0769. The van der Waals surface area contributed by atoms with Crippen molar-refractivity contribution in [2.75, 3.05) is 0 Å². The van der Waals surface area contributed by atoms with E-state index in [2.05, 4.69) is 0 Å². The van der Waals surface area contributed by atoms with Crippen LogP contribution in [0.2, 0.25) is 0 Å². The Morgan fingerprint density at radius 3 is 2.30 bits per heavy atom. The highest BCUT2D eigenvalue weighted by Crippen LogP contribution is 2.25. The van der Waals surface area contributed by atoms with E-state index in [1.807, 2.05) is 0 Å². The lowest BCUT2D eigenvalue weighted by Crippen LogP contribution is -1.92. The largest absolute Gasteiger partial charge is 0.456 e. The number of benzene rings is 1. The summed E-state index contributed by atoms with van der Waals surface area (Å²) in [4.78, 5) is 20.1. The van der Waals surface area contributed by atoms with Gasteiger partial charge in [-0.05, 0) is 24.3 Å². The van der Waals surface area contributed by atoms with Gasteiger partial charge in [-0.3, -0.25) is 20.2 Å². The van der Waals surface area contributed by atoms with Crippen molar-refractivity contribution in [3.8, 4) is 11.3 Å². The minimum Gasteiger partial charge on any atom is -0.456 e. The lowest BCUT2D eigenvalue weighted by molar-refractivity contribution is -0.422. The highest BCUT2D eigenvalue weighted by Gasteiger charge is 2.09. The van der Waals surface area contributed by atoms with Crippen LogP contribution in [0.5, 0.6) is 0 Å². The maximum atomic E-state index is 10.5. The van der Waals surface area contributed by atoms with Gasteiger partial charge in [-0.15, -0.1) is 0 Å². The number of nitrogens with zero attached hydrogens (tertiary/aromatic N) is 2. The van der Waals surface area contributed by atoms with Crippen molar-refractivity contribution in [1.82, 2.24) is 0 Å². The zero-order chi connectivity index (χ0) is 14.7. The molecule has 0 aliphatic carbocycles. The molecule has 7 nitrogen and oxygen atoms in total. The molecule has 0 unspecified atom stereocenters. The maximum absolute atomic E-state index is 10.5. The maximum Gasteiger partial charge on any atom is 0.269 e. The number of allylic oxidation sites excluding steroid dienone is 1. The van der Waals surface area contributed by atoms with Crippen molar-refractivity contribution < 1.29 is 14.3 Å². The van der Waals surface area contributed by atoms with Gasteiger partial charge in [-0.25, -0.2) is 0 Å². The van der Waals surface area contributed by atoms with Gasteiger partial charge in [0.15, 0.2) is 0 Å². The molecule has 0 fully saturated rings. The molecule has 0 N–H and O–H groups in total.